The minimum atomic E-state index is 0.223. The number of hydrogen-bond acceptors (Lipinski definition) is 2. The Hall–Kier alpha value is -0.700. The Morgan fingerprint density at radius 3 is 3.20 bits per heavy atom. The van der Waals surface area contributed by atoms with Gasteiger partial charge in [0.05, 0.1) is 11.8 Å². The number of carbonyl (C=O) groups excluding carboxylic acids is 1. The van der Waals surface area contributed by atoms with Crippen LogP contribution < -0.4 is 0 Å². The molecule has 0 unspecified atom stereocenters. The monoisotopic (exact) mass is 153 g/mol. The third kappa shape index (κ3) is 0.703. The molecule has 0 aromatic heterocycles. The second kappa shape index (κ2) is 1.89. The van der Waals surface area contributed by atoms with Crippen LogP contribution in [0.2, 0.25) is 0 Å². The van der Waals surface area contributed by atoms with Gasteiger partial charge in [0.25, 0.3) is 0 Å². The fourth-order valence-corrected chi connectivity index (χ4v) is 2.07. The van der Waals surface area contributed by atoms with Gasteiger partial charge in [-0.15, -0.1) is 11.8 Å². The van der Waals surface area contributed by atoms with Gasteiger partial charge < -0.3 is 4.90 Å². The predicted octanol–water partition coefficient (Wildman–Crippen LogP) is 1.32. The average Bonchev–Trinajstić information content (AvgIpc) is 1.86. The summed E-state index contributed by atoms with van der Waals surface area (Å²) in [6, 6.07) is 0. The molecule has 52 valence electrons. The molecular weight excluding hydrogens is 146 g/mol. The number of hydrogen-bond donors (Lipinski definition) is 0. The van der Waals surface area contributed by atoms with Crippen molar-refractivity contribution in [2.45, 2.75) is 11.8 Å². The van der Waals surface area contributed by atoms with Gasteiger partial charge in [-0.1, -0.05) is 6.58 Å². The molecule has 0 radical (unpaired) electrons. The average molecular weight is 153 g/mol. The lowest BCUT2D eigenvalue weighted by atomic mass is 10.2. The molecule has 0 saturated carbocycles. The summed E-state index contributed by atoms with van der Waals surface area (Å²) in [6.07, 6.45) is 4.36. The summed E-state index contributed by atoms with van der Waals surface area (Å²) in [6.45, 7) is 3.80. The van der Waals surface area contributed by atoms with Crippen molar-refractivity contribution in [3.8, 4) is 0 Å². The summed E-state index contributed by atoms with van der Waals surface area (Å²) in [7, 11) is 0. The van der Waals surface area contributed by atoms with Crippen LogP contribution in [0.15, 0.2) is 23.8 Å². The van der Waals surface area contributed by atoms with Crippen molar-refractivity contribution in [1.82, 2.24) is 4.90 Å². The van der Waals surface area contributed by atoms with E-state index in [2.05, 4.69) is 6.58 Å². The van der Waals surface area contributed by atoms with E-state index >= 15 is 0 Å². The highest BCUT2D eigenvalue weighted by atomic mass is 32.2. The van der Waals surface area contributed by atoms with Gasteiger partial charge in [-0.05, 0) is 6.08 Å². The largest absolute Gasteiger partial charge is 0.306 e. The Kier molecular flexibility index (Phi) is 1.14. The molecule has 2 heterocycles. The van der Waals surface area contributed by atoms with Crippen LogP contribution in [-0.4, -0.2) is 16.2 Å². The van der Waals surface area contributed by atoms with Gasteiger partial charge in [-0.25, -0.2) is 0 Å². The van der Waals surface area contributed by atoms with Gasteiger partial charge in [-0.3, -0.25) is 4.79 Å². The zero-order valence-electron chi connectivity index (χ0n) is 5.41. The number of rotatable bonds is 0. The Bertz CT molecular complexity index is 234. The molecule has 2 aliphatic heterocycles. The van der Waals surface area contributed by atoms with Crippen LogP contribution >= 0.6 is 11.8 Å². The first kappa shape index (κ1) is 6.04. The lowest BCUT2D eigenvalue weighted by Gasteiger charge is -2.39. The normalized spacial score (nSPS) is 30.0. The number of β-lactam (4-membered cyclic amide) rings is 1. The lowest BCUT2D eigenvalue weighted by molar-refractivity contribution is -0.137. The summed E-state index contributed by atoms with van der Waals surface area (Å²) in [4.78, 5) is 13.6. The van der Waals surface area contributed by atoms with Crippen molar-refractivity contribution in [2.24, 2.45) is 0 Å². The van der Waals surface area contributed by atoms with Crippen molar-refractivity contribution in [3.05, 3.63) is 23.8 Å². The molecule has 0 aromatic carbocycles. The van der Waals surface area contributed by atoms with Crippen molar-refractivity contribution in [3.63, 3.8) is 0 Å². The molecule has 10 heavy (non-hydrogen) atoms. The second-order valence-corrected chi connectivity index (χ2v) is 3.66. The van der Waals surface area contributed by atoms with E-state index in [1.807, 2.05) is 12.3 Å². The third-order valence-electron chi connectivity index (χ3n) is 1.66. The number of allylic oxidation sites excluding steroid dienone is 1. The summed E-state index contributed by atoms with van der Waals surface area (Å²) in [5.74, 6) is 0.223. The zero-order valence-corrected chi connectivity index (χ0v) is 6.23. The Labute approximate surface area is 63.6 Å². The fraction of sp³-hybridized carbons (Fsp3) is 0.286. The van der Waals surface area contributed by atoms with E-state index in [4.69, 9.17) is 0 Å². The first-order chi connectivity index (χ1) is 4.77. The zero-order chi connectivity index (χ0) is 7.14. The Balaban J connectivity index is 2.21. The number of carbonyl (C=O) groups is 1. The Morgan fingerprint density at radius 1 is 1.80 bits per heavy atom. The van der Waals surface area contributed by atoms with E-state index < -0.39 is 0 Å². The molecule has 3 heteroatoms. The number of amides is 1. The maximum Gasteiger partial charge on any atom is 0.230 e. The highest BCUT2D eigenvalue weighted by Gasteiger charge is 2.36. The first-order valence-electron chi connectivity index (χ1n) is 3.12. The lowest BCUT2D eigenvalue weighted by Crippen LogP contribution is -2.48. The van der Waals surface area contributed by atoms with Gasteiger partial charge in [0.2, 0.25) is 5.91 Å². The van der Waals surface area contributed by atoms with E-state index in [9.17, 15) is 4.79 Å². The summed E-state index contributed by atoms with van der Waals surface area (Å²) in [5.41, 5.74) is 0. The first-order valence-corrected chi connectivity index (χ1v) is 4.00. The van der Waals surface area contributed by atoms with Gasteiger partial charge >= 0.3 is 0 Å². The number of fused-ring (bicyclic) bond motifs is 1. The van der Waals surface area contributed by atoms with Crippen LogP contribution in [0.4, 0.5) is 0 Å². The maximum atomic E-state index is 10.8. The van der Waals surface area contributed by atoms with Gasteiger partial charge in [-0.2, -0.15) is 0 Å². The molecule has 0 spiro atoms. The fourth-order valence-electron chi connectivity index (χ4n) is 1.06. The van der Waals surface area contributed by atoms with E-state index in [1.165, 1.54) is 0 Å². The second-order valence-electron chi connectivity index (χ2n) is 2.36. The molecule has 2 nitrogen and oxygen atoms in total. The van der Waals surface area contributed by atoms with Crippen LogP contribution in [0.1, 0.15) is 6.42 Å². The SMILES string of the molecule is C=C1C=CN2C(=O)C[C@H]2S1. The smallest absolute Gasteiger partial charge is 0.230 e. The van der Waals surface area contributed by atoms with E-state index in [1.54, 1.807) is 16.7 Å². The summed E-state index contributed by atoms with van der Waals surface area (Å²) in [5, 5.41) is 0.352. The van der Waals surface area contributed by atoms with Crippen LogP contribution in [0.25, 0.3) is 0 Å². The van der Waals surface area contributed by atoms with E-state index in [0.29, 0.717) is 11.8 Å². The quantitative estimate of drug-likeness (QED) is 0.489. The number of nitrogens with zero attached hydrogens (tertiary/aromatic N) is 1. The van der Waals surface area contributed by atoms with Crippen molar-refractivity contribution in [2.75, 3.05) is 0 Å². The molecule has 0 aromatic rings. The molecule has 1 fully saturated rings. The number of thioether (sulfide) groups is 1. The summed E-state index contributed by atoms with van der Waals surface area (Å²) < 4.78 is 0. The minimum absolute atomic E-state index is 0.223. The van der Waals surface area contributed by atoms with Crippen LogP contribution in [0.5, 0.6) is 0 Å². The molecule has 1 saturated heterocycles. The molecule has 0 N–H and O–H groups in total. The van der Waals surface area contributed by atoms with E-state index in [0.717, 1.165) is 4.91 Å². The standard InChI is InChI=1S/C7H7NOS/c1-5-2-3-8-6(9)4-7(8)10-5/h2-3,7H,1,4H2/t7-/m1/s1. The van der Waals surface area contributed by atoms with E-state index in [-0.39, 0.29) is 5.91 Å². The Morgan fingerprint density at radius 2 is 2.60 bits per heavy atom. The molecule has 0 aliphatic carbocycles. The maximum absolute atomic E-state index is 10.8. The third-order valence-corrected chi connectivity index (χ3v) is 2.76. The highest BCUT2D eigenvalue weighted by molar-refractivity contribution is 8.04. The van der Waals surface area contributed by atoms with Crippen molar-refractivity contribution in [1.29, 1.82) is 0 Å². The molecule has 1 atom stereocenters. The molecule has 0 bridgehead atoms. The van der Waals surface area contributed by atoms with Crippen LogP contribution in [-0.2, 0) is 4.79 Å². The van der Waals surface area contributed by atoms with Crippen molar-refractivity contribution >= 4 is 17.7 Å². The van der Waals surface area contributed by atoms with Crippen molar-refractivity contribution < 1.29 is 4.79 Å². The van der Waals surface area contributed by atoms with Gasteiger partial charge in [0.15, 0.2) is 0 Å². The van der Waals surface area contributed by atoms with Gasteiger partial charge in [0.1, 0.15) is 0 Å². The molecule has 2 rings (SSSR count). The van der Waals surface area contributed by atoms with Crippen LogP contribution in [0.3, 0.4) is 0 Å². The van der Waals surface area contributed by atoms with Gasteiger partial charge in [0, 0.05) is 11.1 Å². The van der Waals surface area contributed by atoms with Crippen LogP contribution in [0, 0.1) is 0 Å². The predicted molar refractivity (Wildman–Crippen MR) is 41.1 cm³/mol. The molecule has 1 amide bonds. The highest BCUT2D eigenvalue weighted by Crippen LogP contribution is 2.37. The summed E-state index contributed by atoms with van der Waals surface area (Å²) >= 11 is 1.66. The topological polar surface area (TPSA) is 20.3 Å². The molecular formula is C7H7NOS. The molecule has 2 aliphatic rings. The minimum Gasteiger partial charge on any atom is -0.306 e.